The van der Waals surface area contributed by atoms with Crippen molar-refractivity contribution in [3.8, 4) is 22.9 Å². The van der Waals surface area contributed by atoms with E-state index in [1.165, 1.54) is 16.8 Å². The van der Waals surface area contributed by atoms with Crippen molar-refractivity contribution in [2.75, 3.05) is 6.61 Å². The second kappa shape index (κ2) is 9.10. The normalized spacial score (nSPS) is 13.0. The second-order valence-electron chi connectivity index (χ2n) is 6.83. The Balaban J connectivity index is 1.94. The molecular formula is C20H16F6N4O3. The minimum Gasteiger partial charge on any atom is -0.438 e. The van der Waals surface area contributed by atoms with Gasteiger partial charge in [0.2, 0.25) is 5.88 Å². The van der Waals surface area contributed by atoms with Crippen LogP contribution in [0.4, 0.5) is 26.3 Å². The molecule has 1 aromatic carbocycles. The van der Waals surface area contributed by atoms with Crippen LogP contribution in [0.2, 0.25) is 0 Å². The number of benzene rings is 1. The summed E-state index contributed by atoms with van der Waals surface area (Å²) in [5, 5.41) is 14.7. The number of aliphatic hydroxyl groups is 1. The van der Waals surface area contributed by atoms with Crippen molar-refractivity contribution in [3.05, 3.63) is 59.9 Å². The highest BCUT2D eigenvalue weighted by atomic mass is 19.4. The summed E-state index contributed by atoms with van der Waals surface area (Å²) in [6, 6.07) is 3.98. The first kappa shape index (κ1) is 24.0. The highest BCUT2D eigenvalue weighted by Gasteiger charge is 2.40. The van der Waals surface area contributed by atoms with E-state index in [-0.39, 0.29) is 28.5 Å². The number of amides is 1. The number of pyridine rings is 1. The van der Waals surface area contributed by atoms with E-state index in [1.807, 2.05) is 0 Å². The van der Waals surface area contributed by atoms with Gasteiger partial charge < -0.3 is 15.2 Å². The predicted molar refractivity (Wildman–Crippen MR) is 102 cm³/mol. The van der Waals surface area contributed by atoms with Crippen LogP contribution in [0.3, 0.4) is 0 Å². The molecule has 2 aromatic heterocycles. The number of nitrogens with one attached hydrogen (secondary N) is 1. The molecule has 0 saturated carbocycles. The second-order valence-corrected chi connectivity index (χ2v) is 6.83. The van der Waals surface area contributed by atoms with Gasteiger partial charge in [0.05, 0.1) is 29.0 Å². The van der Waals surface area contributed by atoms with Gasteiger partial charge in [-0.2, -0.15) is 31.4 Å². The van der Waals surface area contributed by atoms with Crippen LogP contribution in [-0.2, 0) is 13.2 Å². The molecule has 1 unspecified atom stereocenters. The number of nitrogens with zero attached hydrogens (tertiary/aromatic N) is 3. The molecule has 7 nitrogen and oxygen atoms in total. The number of aryl methyl sites for hydroxylation is 1. The number of aromatic nitrogens is 3. The summed E-state index contributed by atoms with van der Waals surface area (Å²) in [6.07, 6.45) is -6.91. The zero-order valence-corrected chi connectivity index (χ0v) is 16.8. The van der Waals surface area contributed by atoms with Gasteiger partial charge in [-0.05, 0) is 36.4 Å². The molecule has 0 radical (unpaired) electrons. The summed E-state index contributed by atoms with van der Waals surface area (Å²) in [4.78, 5) is 16.3. The molecule has 33 heavy (non-hydrogen) atoms. The van der Waals surface area contributed by atoms with Crippen molar-refractivity contribution in [1.29, 1.82) is 0 Å². The third kappa shape index (κ3) is 5.80. The lowest BCUT2D eigenvalue weighted by molar-refractivity contribution is -0.161. The fraction of sp³-hybridized carbons (Fsp3) is 0.250. The van der Waals surface area contributed by atoms with Crippen LogP contribution in [0.15, 0.2) is 48.8 Å². The summed E-state index contributed by atoms with van der Waals surface area (Å²) < 4.78 is 83.8. The fourth-order valence-corrected chi connectivity index (χ4v) is 2.70. The maximum atomic E-state index is 12.9. The predicted octanol–water partition coefficient (Wildman–Crippen LogP) is 3.95. The summed E-state index contributed by atoms with van der Waals surface area (Å²) >= 11 is 0. The largest absolute Gasteiger partial charge is 0.438 e. The van der Waals surface area contributed by atoms with Gasteiger partial charge in [-0.25, -0.2) is 4.98 Å². The van der Waals surface area contributed by atoms with Crippen LogP contribution in [0.25, 0.3) is 11.3 Å². The van der Waals surface area contributed by atoms with Crippen molar-refractivity contribution >= 4 is 5.91 Å². The van der Waals surface area contributed by atoms with Crippen LogP contribution in [-0.4, -0.2) is 44.6 Å². The zero-order valence-electron chi connectivity index (χ0n) is 16.8. The Morgan fingerprint density at radius 3 is 2.33 bits per heavy atom. The van der Waals surface area contributed by atoms with Crippen molar-refractivity contribution in [3.63, 3.8) is 0 Å². The number of ether oxygens (including phenoxy) is 1. The van der Waals surface area contributed by atoms with E-state index in [0.717, 1.165) is 30.5 Å². The maximum absolute atomic E-state index is 12.9. The Morgan fingerprint density at radius 1 is 1.15 bits per heavy atom. The lowest BCUT2D eigenvalue weighted by atomic mass is 10.1. The van der Waals surface area contributed by atoms with Gasteiger partial charge in [0.15, 0.2) is 0 Å². The van der Waals surface area contributed by atoms with Gasteiger partial charge in [-0.3, -0.25) is 9.48 Å². The fourth-order valence-electron chi connectivity index (χ4n) is 2.70. The molecule has 0 bridgehead atoms. The van der Waals surface area contributed by atoms with Gasteiger partial charge in [0.25, 0.3) is 5.91 Å². The third-order valence-corrected chi connectivity index (χ3v) is 4.38. The molecule has 0 fully saturated rings. The first-order valence-electron chi connectivity index (χ1n) is 9.22. The molecule has 0 saturated heterocycles. The van der Waals surface area contributed by atoms with Gasteiger partial charge in [0, 0.05) is 19.4 Å². The van der Waals surface area contributed by atoms with E-state index in [1.54, 1.807) is 18.6 Å². The number of halogens is 6. The van der Waals surface area contributed by atoms with Gasteiger partial charge >= 0.3 is 12.4 Å². The standard InChI is InChI=1S/C20H16F6N4O3/c1-30-7-6-15(29-30)14-8-11(17(32)28-16(10-31)20(24,25)26)9-27-18(14)33-13-4-2-12(3-5-13)19(21,22)23/h2-9,16,31H,10H2,1H3,(H,28,32). The molecule has 2 N–H and O–H groups in total. The Hall–Kier alpha value is -3.61. The average Bonchev–Trinajstić information content (AvgIpc) is 3.17. The number of hydrogen-bond donors (Lipinski definition) is 2. The van der Waals surface area contributed by atoms with Crippen molar-refractivity contribution in [1.82, 2.24) is 20.1 Å². The van der Waals surface area contributed by atoms with Crippen molar-refractivity contribution in [2.45, 2.75) is 18.4 Å². The van der Waals surface area contributed by atoms with Gasteiger partial charge in [-0.1, -0.05) is 0 Å². The van der Waals surface area contributed by atoms with Crippen molar-refractivity contribution in [2.24, 2.45) is 7.05 Å². The lowest BCUT2D eigenvalue weighted by Gasteiger charge is -2.19. The number of rotatable bonds is 6. The van der Waals surface area contributed by atoms with Gasteiger partial charge in [-0.15, -0.1) is 0 Å². The molecule has 2 heterocycles. The number of carbonyl (C=O) groups excluding carboxylic acids is 1. The van der Waals surface area contributed by atoms with E-state index in [0.29, 0.717) is 0 Å². The molecule has 3 rings (SSSR count). The molecule has 0 aliphatic heterocycles. The maximum Gasteiger partial charge on any atom is 0.416 e. The molecule has 0 aliphatic rings. The first-order chi connectivity index (χ1) is 15.4. The molecule has 1 atom stereocenters. The highest BCUT2D eigenvalue weighted by molar-refractivity contribution is 5.95. The van der Waals surface area contributed by atoms with E-state index in [4.69, 9.17) is 9.84 Å². The number of aliphatic hydroxyl groups excluding tert-OH is 1. The third-order valence-electron chi connectivity index (χ3n) is 4.38. The molecular weight excluding hydrogens is 458 g/mol. The molecule has 13 heteroatoms. The Kier molecular flexibility index (Phi) is 6.63. The van der Waals surface area contributed by atoms with E-state index in [2.05, 4.69) is 10.1 Å². The first-order valence-corrected chi connectivity index (χ1v) is 9.22. The van der Waals surface area contributed by atoms with Crippen molar-refractivity contribution < 1.29 is 41.0 Å². The number of carbonyl (C=O) groups is 1. The van der Waals surface area contributed by atoms with E-state index in [9.17, 15) is 31.1 Å². The Bertz CT molecular complexity index is 1130. The molecule has 3 aromatic rings. The summed E-state index contributed by atoms with van der Waals surface area (Å²) in [7, 11) is 1.60. The SMILES string of the molecule is Cn1ccc(-c2cc(C(=O)NC(CO)C(F)(F)F)cnc2Oc2ccc(C(F)(F)F)cc2)n1. The molecule has 176 valence electrons. The van der Waals surface area contributed by atoms with Crippen LogP contribution < -0.4 is 10.1 Å². The minimum atomic E-state index is -4.87. The summed E-state index contributed by atoms with van der Waals surface area (Å²) in [6.45, 7) is -1.36. The smallest absolute Gasteiger partial charge is 0.416 e. The Labute approximate surface area is 182 Å². The number of hydrogen-bond acceptors (Lipinski definition) is 5. The van der Waals surface area contributed by atoms with Crippen LogP contribution in [0.5, 0.6) is 11.6 Å². The molecule has 0 aliphatic carbocycles. The average molecular weight is 474 g/mol. The van der Waals surface area contributed by atoms with Crippen LogP contribution in [0.1, 0.15) is 15.9 Å². The minimum absolute atomic E-state index is 0.00213. The molecule has 1 amide bonds. The summed E-state index contributed by atoms with van der Waals surface area (Å²) in [5.41, 5.74) is -0.812. The topological polar surface area (TPSA) is 89.3 Å². The van der Waals surface area contributed by atoms with E-state index >= 15 is 0 Å². The summed E-state index contributed by atoms with van der Waals surface area (Å²) in [5.74, 6) is -1.29. The quantitative estimate of drug-likeness (QED) is 0.529. The molecule has 0 spiro atoms. The lowest BCUT2D eigenvalue weighted by Crippen LogP contribution is -2.47. The van der Waals surface area contributed by atoms with Crippen LogP contribution in [0, 0.1) is 0 Å². The van der Waals surface area contributed by atoms with E-state index < -0.39 is 36.5 Å². The number of alkyl halides is 6. The Morgan fingerprint density at radius 2 is 1.82 bits per heavy atom. The highest BCUT2D eigenvalue weighted by Crippen LogP contribution is 2.34. The monoisotopic (exact) mass is 474 g/mol. The zero-order chi connectivity index (χ0) is 24.4. The van der Waals surface area contributed by atoms with Gasteiger partial charge in [0.1, 0.15) is 11.8 Å². The van der Waals surface area contributed by atoms with Crippen LogP contribution >= 0.6 is 0 Å².